The van der Waals surface area contributed by atoms with Crippen LogP contribution in [0.3, 0.4) is 0 Å². The fourth-order valence-corrected chi connectivity index (χ4v) is 2.80. The van der Waals surface area contributed by atoms with Gasteiger partial charge in [0.25, 0.3) is 0 Å². The van der Waals surface area contributed by atoms with Gasteiger partial charge >= 0.3 is 6.18 Å². The summed E-state index contributed by atoms with van der Waals surface area (Å²) in [5.41, 5.74) is -1.74. The minimum absolute atomic E-state index is 0.0439. The van der Waals surface area contributed by atoms with E-state index in [1.54, 1.807) is 11.8 Å². The second kappa shape index (κ2) is 6.68. The number of carbonyl (C=O) groups is 2. The monoisotopic (exact) mass is 331 g/mol. The molecule has 1 aromatic rings. The molecule has 0 aromatic heterocycles. The fourth-order valence-electron chi connectivity index (χ4n) is 2.80. The number of nitrogens with zero attached hydrogens (tertiary/aromatic N) is 1. The van der Waals surface area contributed by atoms with E-state index in [9.17, 15) is 27.2 Å². The maximum absolute atomic E-state index is 13.3. The lowest BCUT2D eigenvalue weighted by molar-refractivity contribution is -0.138. The quantitative estimate of drug-likeness (QED) is 0.626. The normalized spacial score (nSPS) is 16.5. The number of rotatable bonds is 3. The van der Waals surface area contributed by atoms with E-state index in [1.165, 1.54) is 0 Å². The predicted octanol–water partition coefficient (Wildman–Crippen LogP) is 3.68. The average Bonchev–Trinajstić information content (AvgIpc) is 2.52. The largest absolute Gasteiger partial charge is 0.417 e. The molecule has 1 aliphatic heterocycles. The van der Waals surface area contributed by atoms with Crippen LogP contribution in [0.5, 0.6) is 0 Å². The molecule has 0 N–H and O–H groups in total. The second-order valence-corrected chi connectivity index (χ2v) is 5.56. The number of ketones is 1. The minimum Gasteiger partial charge on any atom is -0.343 e. The Labute approximate surface area is 131 Å². The van der Waals surface area contributed by atoms with Crippen molar-refractivity contribution in [1.82, 2.24) is 4.90 Å². The van der Waals surface area contributed by atoms with Crippen LogP contribution < -0.4 is 0 Å². The Kier molecular flexibility index (Phi) is 5.06. The molecular weight excluding hydrogens is 314 g/mol. The molecule has 1 fully saturated rings. The van der Waals surface area contributed by atoms with Gasteiger partial charge in [-0.3, -0.25) is 9.59 Å². The maximum atomic E-state index is 13.3. The van der Waals surface area contributed by atoms with Crippen LogP contribution in [0.15, 0.2) is 18.2 Å². The minimum atomic E-state index is -4.71. The Morgan fingerprint density at radius 1 is 1.22 bits per heavy atom. The number of halogens is 4. The van der Waals surface area contributed by atoms with Gasteiger partial charge in [-0.1, -0.05) is 6.92 Å². The number of Topliss-reactive ketones (excluding diaryl/α,β-unsaturated/α-hetero) is 1. The number of carbonyl (C=O) groups excluding carboxylic acids is 2. The van der Waals surface area contributed by atoms with Crippen molar-refractivity contribution in [3.05, 3.63) is 35.1 Å². The summed E-state index contributed by atoms with van der Waals surface area (Å²) in [4.78, 5) is 25.6. The van der Waals surface area contributed by atoms with E-state index in [0.717, 1.165) is 0 Å². The lowest BCUT2D eigenvalue weighted by Crippen LogP contribution is -2.40. The molecule has 1 aliphatic rings. The number of amides is 1. The topological polar surface area (TPSA) is 37.4 Å². The molecule has 1 saturated heterocycles. The van der Waals surface area contributed by atoms with Gasteiger partial charge in [0, 0.05) is 31.0 Å². The molecule has 23 heavy (non-hydrogen) atoms. The number of benzene rings is 1. The van der Waals surface area contributed by atoms with Crippen LogP contribution in [0, 0.1) is 11.7 Å². The Morgan fingerprint density at radius 2 is 1.83 bits per heavy atom. The third-order valence-electron chi connectivity index (χ3n) is 4.07. The number of hydrogen-bond acceptors (Lipinski definition) is 2. The highest BCUT2D eigenvalue weighted by molar-refractivity contribution is 5.99. The van der Waals surface area contributed by atoms with Crippen LogP contribution in [0.1, 0.15) is 42.1 Å². The van der Waals surface area contributed by atoms with Gasteiger partial charge in [0.2, 0.25) is 5.91 Å². The molecule has 0 bridgehead atoms. The van der Waals surface area contributed by atoms with Gasteiger partial charge in [-0.25, -0.2) is 4.39 Å². The van der Waals surface area contributed by atoms with Crippen LogP contribution in [0.2, 0.25) is 0 Å². The van der Waals surface area contributed by atoms with Crippen LogP contribution in [0.25, 0.3) is 0 Å². The highest BCUT2D eigenvalue weighted by Crippen LogP contribution is 2.34. The van der Waals surface area contributed by atoms with Gasteiger partial charge in [0.05, 0.1) is 5.56 Å². The van der Waals surface area contributed by atoms with Crippen LogP contribution in [0.4, 0.5) is 17.6 Å². The van der Waals surface area contributed by atoms with Gasteiger partial charge in [-0.15, -0.1) is 0 Å². The summed E-state index contributed by atoms with van der Waals surface area (Å²) in [6, 6.07) is 1.94. The summed E-state index contributed by atoms with van der Waals surface area (Å²) in [6.45, 7) is 2.39. The van der Waals surface area contributed by atoms with Crippen LogP contribution in [-0.4, -0.2) is 29.7 Å². The van der Waals surface area contributed by atoms with Crippen LogP contribution >= 0.6 is 0 Å². The van der Waals surface area contributed by atoms with Crippen molar-refractivity contribution in [3.63, 3.8) is 0 Å². The first kappa shape index (κ1) is 17.4. The zero-order valence-corrected chi connectivity index (χ0v) is 12.6. The summed E-state index contributed by atoms with van der Waals surface area (Å²) in [6.07, 6.45) is -3.78. The van der Waals surface area contributed by atoms with E-state index in [0.29, 0.717) is 50.6 Å². The Morgan fingerprint density at radius 3 is 2.35 bits per heavy atom. The van der Waals surface area contributed by atoms with Crippen molar-refractivity contribution in [2.45, 2.75) is 32.4 Å². The molecule has 3 nitrogen and oxygen atoms in total. The smallest absolute Gasteiger partial charge is 0.343 e. The van der Waals surface area contributed by atoms with Gasteiger partial charge in [0.15, 0.2) is 5.78 Å². The van der Waals surface area contributed by atoms with Crippen molar-refractivity contribution in [1.29, 1.82) is 0 Å². The second-order valence-electron chi connectivity index (χ2n) is 5.56. The average molecular weight is 331 g/mol. The van der Waals surface area contributed by atoms with Crippen molar-refractivity contribution < 1.29 is 27.2 Å². The van der Waals surface area contributed by atoms with Gasteiger partial charge in [-0.2, -0.15) is 13.2 Å². The molecule has 2 rings (SSSR count). The Balaban J connectivity index is 2.19. The summed E-state index contributed by atoms with van der Waals surface area (Å²) in [5.74, 6) is -2.25. The number of hydrogen-bond donors (Lipinski definition) is 0. The lowest BCUT2D eigenvalue weighted by atomic mass is 9.87. The highest BCUT2D eigenvalue weighted by Gasteiger charge is 2.37. The molecule has 126 valence electrons. The van der Waals surface area contributed by atoms with E-state index in [1.807, 2.05) is 0 Å². The first-order valence-electron chi connectivity index (χ1n) is 7.42. The van der Waals surface area contributed by atoms with Crippen molar-refractivity contribution >= 4 is 11.7 Å². The summed E-state index contributed by atoms with van der Waals surface area (Å²) in [5, 5.41) is 0. The molecule has 0 radical (unpaired) electrons. The molecule has 1 heterocycles. The molecule has 0 unspecified atom stereocenters. The Bertz CT molecular complexity index is 605. The number of likely N-dealkylation sites (tertiary alicyclic amines) is 1. The van der Waals surface area contributed by atoms with E-state index < -0.39 is 34.8 Å². The number of piperidine rings is 1. The van der Waals surface area contributed by atoms with E-state index in [4.69, 9.17) is 0 Å². The first-order chi connectivity index (χ1) is 10.7. The zero-order chi connectivity index (χ0) is 17.2. The molecule has 0 spiro atoms. The Hall–Kier alpha value is -1.92. The summed E-state index contributed by atoms with van der Waals surface area (Å²) < 4.78 is 52.3. The maximum Gasteiger partial charge on any atom is 0.417 e. The SMILES string of the molecule is CCC(=O)N1CCC(C(=O)c2cc(F)ccc2C(F)(F)F)CC1. The van der Waals surface area contributed by atoms with Gasteiger partial charge in [-0.05, 0) is 31.0 Å². The molecule has 0 saturated carbocycles. The predicted molar refractivity (Wildman–Crippen MR) is 75.3 cm³/mol. The van der Waals surface area contributed by atoms with E-state index in [2.05, 4.69) is 0 Å². The van der Waals surface area contributed by atoms with Gasteiger partial charge < -0.3 is 4.90 Å². The first-order valence-corrected chi connectivity index (χ1v) is 7.42. The van der Waals surface area contributed by atoms with E-state index >= 15 is 0 Å². The standard InChI is InChI=1S/C16H17F4NO2/c1-2-14(22)21-7-5-10(6-8-21)15(23)12-9-11(17)3-4-13(12)16(18,19)20/h3-4,9-10H,2,5-8H2,1H3. The van der Waals surface area contributed by atoms with Crippen molar-refractivity contribution in [2.24, 2.45) is 5.92 Å². The fraction of sp³-hybridized carbons (Fsp3) is 0.500. The third-order valence-corrected chi connectivity index (χ3v) is 4.07. The molecule has 0 atom stereocenters. The van der Waals surface area contributed by atoms with Crippen molar-refractivity contribution in [3.8, 4) is 0 Å². The third kappa shape index (κ3) is 3.89. The highest BCUT2D eigenvalue weighted by atomic mass is 19.4. The zero-order valence-electron chi connectivity index (χ0n) is 12.6. The van der Waals surface area contributed by atoms with Crippen LogP contribution in [-0.2, 0) is 11.0 Å². The number of alkyl halides is 3. The molecule has 1 amide bonds. The summed E-state index contributed by atoms with van der Waals surface area (Å²) >= 11 is 0. The van der Waals surface area contributed by atoms with Crippen molar-refractivity contribution in [2.75, 3.05) is 13.1 Å². The van der Waals surface area contributed by atoms with E-state index in [-0.39, 0.29) is 5.91 Å². The molecular formula is C16H17F4NO2. The lowest BCUT2D eigenvalue weighted by Gasteiger charge is -2.31. The summed E-state index contributed by atoms with van der Waals surface area (Å²) in [7, 11) is 0. The molecule has 1 aromatic carbocycles. The molecule has 0 aliphatic carbocycles. The van der Waals surface area contributed by atoms with Gasteiger partial charge in [0.1, 0.15) is 5.82 Å². The molecule has 7 heteroatoms.